The third-order valence-electron chi connectivity index (χ3n) is 11.9. The molecule has 0 radical (unpaired) electrons. The molecular formula is C54H49ClN8O10. The average Bonchev–Trinajstić information content (AvgIpc) is 3.83. The number of hydrogen-bond donors (Lipinski definition) is 6. The van der Waals surface area contributed by atoms with Gasteiger partial charge in [-0.15, -0.1) is 0 Å². The van der Waals surface area contributed by atoms with Crippen molar-refractivity contribution in [2.24, 2.45) is 0 Å². The topological polar surface area (TPSA) is 248 Å². The first-order valence-electron chi connectivity index (χ1n) is 22.6. The number of anilines is 4. The predicted molar refractivity (Wildman–Crippen MR) is 277 cm³/mol. The summed E-state index contributed by atoms with van der Waals surface area (Å²) in [5.74, 6) is -1.14. The Morgan fingerprint density at radius 1 is 0.548 bits per heavy atom. The molecule has 372 valence electrons. The fourth-order valence-corrected chi connectivity index (χ4v) is 8.42. The SMILES string of the molecule is COc1cc(C(=O)c2c(C)c(NC(=O)c3ccc(OCC(=O)NCCNC(=O)COc4ccc(C(=O)Nc5c(C)c(C(=O)c6ccc(N)c(OC)c6)n6ccccc56)c(Cl)c4)cc3)c3ccccn23)ccc1N. The highest BCUT2D eigenvalue weighted by molar-refractivity contribution is 6.34. The molecule has 0 saturated heterocycles. The van der Waals surface area contributed by atoms with Gasteiger partial charge in [0.2, 0.25) is 11.6 Å². The van der Waals surface area contributed by atoms with E-state index in [0.29, 0.717) is 90.2 Å². The highest BCUT2D eigenvalue weighted by Gasteiger charge is 2.26. The Morgan fingerprint density at radius 2 is 1.00 bits per heavy atom. The number of carbonyl (C=O) groups excluding carboxylic acids is 6. The molecule has 8 rings (SSSR count). The van der Waals surface area contributed by atoms with Crippen molar-refractivity contribution >= 4 is 80.6 Å². The molecule has 0 aliphatic carbocycles. The molecule has 0 aliphatic heterocycles. The first kappa shape index (κ1) is 50.1. The molecule has 0 spiro atoms. The minimum Gasteiger partial charge on any atom is -0.495 e. The quantitative estimate of drug-likeness (QED) is 0.0265. The van der Waals surface area contributed by atoms with Crippen LogP contribution in [0.5, 0.6) is 23.0 Å². The maximum absolute atomic E-state index is 13.8. The Balaban J connectivity index is 0.778. The second-order valence-electron chi connectivity index (χ2n) is 16.5. The van der Waals surface area contributed by atoms with E-state index in [1.807, 2.05) is 6.07 Å². The zero-order chi connectivity index (χ0) is 51.9. The van der Waals surface area contributed by atoms with E-state index in [1.165, 1.54) is 32.4 Å². The molecule has 8 aromatic rings. The second-order valence-corrected chi connectivity index (χ2v) is 16.9. The number of fused-ring (bicyclic) bond motifs is 2. The monoisotopic (exact) mass is 1000 g/mol. The number of rotatable bonds is 19. The van der Waals surface area contributed by atoms with Crippen LogP contribution in [0.1, 0.15) is 63.9 Å². The lowest BCUT2D eigenvalue weighted by Gasteiger charge is -2.11. The minimum atomic E-state index is -0.532. The maximum atomic E-state index is 13.8. The van der Waals surface area contributed by atoms with Crippen LogP contribution in [-0.2, 0) is 9.59 Å². The van der Waals surface area contributed by atoms with Crippen LogP contribution in [0.4, 0.5) is 22.7 Å². The van der Waals surface area contributed by atoms with Gasteiger partial charge in [-0.05, 0) is 117 Å². The van der Waals surface area contributed by atoms with Crippen molar-refractivity contribution in [3.8, 4) is 23.0 Å². The number of amides is 4. The van der Waals surface area contributed by atoms with Gasteiger partial charge in [-0.2, -0.15) is 0 Å². The lowest BCUT2D eigenvalue weighted by atomic mass is 10.0. The number of ether oxygens (including phenoxy) is 4. The lowest BCUT2D eigenvalue weighted by molar-refractivity contribution is -0.124. The molecule has 0 fully saturated rings. The van der Waals surface area contributed by atoms with E-state index in [4.69, 9.17) is 42.0 Å². The normalized spacial score (nSPS) is 10.9. The van der Waals surface area contributed by atoms with Crippen molar-refractivity contribution in [1.29, 1.82) is 0 Å². The summed E-state index contributed by atoms with van der Waals surface area (Å²) in [5.41, 5.74) is 17.8. The fraction of sp³-hybridized carbons (Fsp3) is 0.148. The Kier molecular flexibility index (Phi) is 15.0. The highest BCUT2D eigenvalue weighted by Crippen LogP contribution is 2.35. The van der Waals surface area contributed by atoms with Gasteiger partial charge in [0.15, 0.2) is 13.2 Å². The molecule has 19 heteroatoms. The third kappa shape index (κ3) is 10.7. The Bertz CT molecular complexity index is 3480. The largest absolute Gasteiger partial charge is 0.495 e. The number of halogens is 1. The Morgan fingerprint density at radius 3 is 1.48 bits per heavy atom. The van der Waals surface area contributed by atoms with Crippen molar-refractivity contribution in [1.82, 2.24) is 19.4 Å². The van der Waals surface area contributed by atoms with Crippen molar-refractivity contribution in [3.63, 3.8) is 0 Å². The summed E-state index contributed by atoms with van der Waals surface area (Å²) < 4.78 is 25.3. The smallest absolute Gasteiger partial charge is 0.258 e. The van der Waals surface area contributed by atoms with Crippen LogP contribution in [-0.4, -0.2) is 84.5 Å². The molecular weight excluding hydrogens is 956 g/mol. The molecule has 73 heavy (non-hydrogen) atoms. The van der Waals surface area contributed by atoms with Gasteiger partial charge < -0.3 is 60.5 Å². The number of nitrogens with zero attached hydrogens (tertiary/aromatic N) is 2. The van der Waals surface area contributed by atoms with Crippen LogP contribution in [0.3, 0.4) is 0 Å². The van der Waals surface area contributed by atoms with E-state index < -0.39 is 23.6 Å². The summed E-state index contributed by atoms with van der Waals surface area (Å²) in [6.07, 6.45) is 3.48. The summed E-state index contributed by atoms with van der Waals surface area (Å²) >= 11 is 6.53. The number of pyridine rings is 2. The van der Waals surface area contributed by atoms with Gasteiger partial charge in [0.1, 0.15) is 23.0 Å². The van der Waals surface area contributed by atoms with E-state index in [-0.39, 0.29) is 54.2 Å². The summed E-state index contributed by atoms with van der Waals surface area (Å²) in [5, 5.41) is 11.2. The number of benzene rings is 4. The summed E-state index contributed by atoms with van der Waals surface area (Å²) in [7, 11) is 2.94. The van der Waals surface area contributed by atoms with Gasteiger partial charge in [0, 0.05) is 53.3 Å². The van der Waals surface area contributed by atoms with Crippen molar-refractivity contribution in [2.75, 3.05) is 62.6 Å². The van der Waals surface area contributed by atoms with Crippen LogP contribution in [0, 0.1) is 13.8 Å². The molecule has 8 N–H and O–H groups in total. The van der Waals surface area contributed by atoms with Gasteiger partial charge in [-0.25, -0.2) is 0 Å². The number of methoxy groups -OCH3 is 2. The number of nitrogens with one attached hydrogen (secondary N) is 4. The van der Waals surface area contributed by atoms with Crippen LogP contribution in [0.2, 0.25) is 5.02 Å². The number of nitrogen functional groups attached to an aromatic ring is 2. The summed E-state index contributed by atoms with van der Waals surface area (Å²) in [6, 6.07) is 30.9. The maximum Gasteiger partial charge on any atom is 0.258 e. The van der Waals surface area contributed by atoms with E-state index in [0.717, 1.165) is 0 Å². The van der Waals surface area contributed by atoms with Gasteiger partial charge in [-0.3, -0.25) is 28.8 Å². The zero-order valence-corrected chi connectivity index (χ0v) is 40.7. The molecule has 4 amide bonds. The van der Waals surface area contributed by atoms with Gasteiger partial charge >= 0.3 is 0 Å². The van der Waals surface area contributed by atoms with Crippen LogP contribution < -0.4 is 51.7 Å². The summed E-state index contributed by atoms with van der Waals surface area (Å²) in [4.78, 5) is 79.7. The van der Waals surface area contributed by atoms with Crippen LogP contribution in [0.15, 0.2) is 128 Å². The lowest BCUT2D eigenvalue weighted by Crippen LogP contribution is -2.38. The van der Waals surface area contributed by atoms with Crippen molar-refractivity contribution in [3.05, 3.63) is 177 Å². The van der Waals surface area contributed by atoms with Crippen LogP contribution in [0.25, 0.3) is 11.0 Å². The fourth-order valence-electron chi connectivity index (χ4n) is 8.16. The Hall–Kier alpha value is -9.29. The second kappa shape index (κ2) is 21.8. The molecule has 4 aromatic heterocycles. The molecule has 0 saturated carbocycles. The first-order valence-corrected chi connectivity index (χ1v) is 23.0. The molecule has 0 aliphatic rings. The molecule has 0 bridgehead atoms. The zero-order valence-electron chi connectivity index (χ0n) is 40.0. The molecule has 0 unspecified atom stereocenters. The van der Waals surface area contributed by atoms with Crippen molar-refractivity contribution < 1.29 is 47.7 Å². The van der Waals surface area contributed by atoms with Crippen molar-refractivity contribution in [2.45, 2.75) is 13.8 Å². The molecule has 0 atom stereocenters. The van der Waals surface area contributed by atoms with Gasteiger partial charge in [0.05, 0.1) is 70.0 Å². The molecule has 4 aromatic carbocycles. The van der Waals surface area contributed by atoms with E-state index in [2.05, 4.69) is 21.3 Å². The number of aromatic nitrogens is 2. The number of carbonyl (C=O) groups is 6. The highest BCUT2D eigenvalue weighted by atomic mass is 35.5. The standard InChI is InChI=1S/C54H49ClN8O10/c1-30-47(41-9-5-7-23-62(41)49(30)51(66)33-13-19-39(56)43(25-33)70-3)60-53(68)32-11-15-35(16-12-32)72-28-45(64)58-21-22-59-46(65)29-73-36-17-18-37(38(55)27-36)54(69)61-48-31(2)50(63-24-8-6-10-42(48)63)52(67)34-14-20-40(57)44(26-34)71-4/h5-20,23-27H,21-22,28-29,56-57H2,1-4H3,(H,58,64)(H,59,65)(H,60,68)(H,61,69). The Labute approximate surface area is 423 Å². The first-order chi connectivity index (χ1) is 35.2. The van der Waals surface area contributed by atoms with E-state index in [9.17, 15) is 28.8 Å². The average molecular weight is 1010 g/mol. The number of nitrogens with two attached hydrogens (primary N) is 2. The predicted octanol–water partition coefficient (Wildman–Crippen LogP) is 7.30. The van der Waals surface area contributed by atoms with Gasteiger partial charge in [-0.1, -0.05) is 23.7 Å². The van der Waals surface area contributed by atoms with E-state index >= 15 is 0 Å². The number of hydrogen-bond acceptors (Lipinski definition) is 12. The minimum absolute atomic E-state index is 0.0628. The molecule has 4 heterocycles. The third-order valence-corrected chi connectivity index (χ3v) is 12.2. The van der Waals surface area contributed by atoms with Gasteiger partial charge in [0.25, 0.3) is 23.6 Å². The van der Waals surface area contributed by atoms with Crippen LogP contribution >= 0.6 is 11.6 Å². The summed E-state index contributed by atoms with van der Waals surface area (Å²) in [6.45, 7) is 2.99. The van der Waals surface area contributed by atoms with E-state index in [1.54, 1.807) is 126 Å². The molecule has 18 nitrogen and oxygen atoms in total. The number of ketones is 2.